The molecule has 1 aliphatic rings. The predicted octanol–water partition coefficient (Wildman–Crippen LogP) is 3.65. The van der Waals surface area contributed by atoms with Gasteiger partial charge in [-0.05, 0) is 23.8 Å². The highest BCUT2D eigenvalue weighted by atomic mass is 19.4. The Bertz CT molecular complexity index is 961. The van der Waals surface area contributed by atoms with Gasteiger partial charge in [-0.2, -0.15) is 13.2 Å². The molecule has 30 heavy (non-hydrogen) atoms. The van der Waals surface area contributed by atoms with E-state index in [9.17, 15) is 27.6 Å². The van der Waals surface area contributed by atoms with Crippen molar-refractivity contribution in [1.29, 1.82) is 0 Å². The van der Waals surface area contributed by atoms with Gasteiger partial charge in [-0.3, -0.25) is 14.4 Å². The quantitative estimate of drug-likeness (QED) is 0.777. The van der Waals surface area contributed by atoms with Gasteiger partial charge in [-0.15, -0.1) is 0 Å². The van der Waals surface area contributed by atoms with E-state index in [1.807, 2.05) is 30.3 Å². The van der Waals surface area contributed by atoms with E-state index in [0.717, 1.165) is 17.7 Å². The smallest absolute Gasteiger partial charge is 0.338 e. The van der Waals surface area contributed by atoms with Gasteiger partial charge in [0.1, 0.15) is 0 Å². The minimum absolute atomic E-state index is 0.0297. The molecule has 1 aliphatic heterocycles. The van der Waals surface area contributed by atoms with Crippen molar-refractivity contribution >= 4 is 29.1 Å². The summed E-state index contributed by atoms with van der Waals surface area (Å²) in [7, 11) is 0. The third kappa shape index (κ3) is 5.16. The van der Waals surface area contributed by atoms with Gasteiger partial charge in [0.15, 0.2) is 0 Å². The molecule has 158 valence electrons. The molecule has 3 amide bonds. The molecule has 1 saturated heterocycles. The number of likely N-dealkylation sites (tertiary alicyclic amines) is 1. The van der Waals surface area contributed by atoms with Crippen LogP contribution in [0.4, 0.5) is 24.5 Å². The number of nitrogens with one attached hydrogen (secondary N) is 2. The number of amides is 3. The zero-order chi connectivity index (χ0) is 21.9. The van der Waals surface area contributed by atoms with E-state index >= 15 is 0 Å². The van der Waals surface area contributed by atoms with E-state index in [0.29, 0.717) is 6.54 Å². The lowest BCUT2D eigenvalue weighted by Gasteiger charge is -2.18. The van der Waals surface area contributed by atoms with Crippen LogP contribution in [-0.4, -0.2) is 29.2 Å². The predicted molar refractivity (Wildman–Crippen MR) is 104 cm³/mol. The Labute approximate surface area is 171 Å². The Kier molecular flexibility index (Phi) is 6.09. The molecule has 0 saturated carbocycles. The topological polar surface area (TPSA) is 78.5 Å². The molecule has 1 heterocycles. The number of hydrogen-bond acceptors (Lipinski definition) is 3. The van der Waals surface area contributed by atoms with Gasteiger partial charge in [0.05, 0.1) is 17.2 Å². The molecule has 2 N–H and O–H groups in total. The molecule has 0 bridgehead atoms. The Morgan fingerprint density at radius 2 is 1.80 bits per heavy atom. The molecule has 3 rings (SSSR count). The average molecular weight is 419 g/mol. The van der Waals surface area contributed by atoms with E-state index in [-0.39, 0.29) is 24.6 Å². The first-order valence-electron chi connectivity index (χ1n) is 9.25. The highest BCUT2D eigenvalue weighted by Gasteiger charge is 2.37. The first-order valence-corrected chi connectivity index (χ1v) is 9.25. The molecule has 2 aromatic rings. The summed E-state index contributed by atoms with van der Waals surface area (Å²) in [4.78, 5) is 37.4. The normalized spacial score (nSPS) is 16.5. The van der Waals surface area contributed by atoms with Crippen molar-refractivity contribution in [3.8, 4) is 0 Å². The van der Waals surface area contributed by atoms with E-state index in [4.69, 9.17) is 0 Å². The summed E-state index contributed by atoms with van der Waals surface area (Å²) in [5.41, 5.74) is -0.624. The Morgan fingerprint density at radius 3 is 2.43 bits per heavy atom. The number of rotatable bonds is 5. The minimum Gasteiger partial charge on any atom is -0.338 e. The zero-order valence-corrected chi connectivity index (χ0v) is 16.1. The molecular formula is C21H20F3N3O3. The van der Waals surface area contributed by atoms with E-state index in [1.54, 1.807) is 0 Å². The molecular weight excluding hydrogens is 399 g/mol. The van der Waals surface area contributed by atoms with Crippen molar-refractivity contribution in [2.24, 2.45) is 5.92 Å². The highest BCUT2D eigenvalue weighted by Crippen LogP contribution is 2.37. The van der Waals surface area contributed by atoms with Crippen LogP contribution in [0.2, 0.25) is 0 Å². The Hall–Kier alpha value is -3.36. The SMILES string of the molecule is CC(=O)Nc1ccc(NC(=O)C2CC(=O)N(Cc3ccccc3)C2)c(C(F)(F)F)c1. The minimum atomic E-state index is -4.73. The van der Waals surface area contributed by atoms with Crippen LogP contribution in [0.5, 0.6) is 0 Å². The number of alkyl halides is 3. The summed E-state index contributed by atoms with van der Waals surface area (Å²) < 4.78 is 40.3. The van der Waals surface area contributed by atoms with Crippen molar-refractivity contribution in [3.63, 3.8) is 0 Å². The van der Waals surface area contributed by atoms with Crippen LogP contribution in [0.25, 0.3) is 0 Å². The number of carbonyl (C=O) groups is 3. The van der Waals surface area contributed by atoms with Gasteiger partial charge in [-0.25, -0.2) is 0 Å². The maximum atomic E-state index is 13.4. The number of benzene rings is 2. The highest BCUT2D eigenvalue weighted by molar-refractivity contribution is 5.98. The monoisotopic (exact) mass is 419 g/mol. The van der Waals surface area contributed by atoms with Gasteiger partial charge in [0, 0.05) is 32.1 Å². The van der Waals surface area contributed by atoms with Crippen LogP contribution in [0, 0.1) is 5.92 Å². The number of carbonyl (C=O) groups excluding carboxylic acids is 3. The average Bonchev–Trinajstić information content (AvgIpc) is 3.03. The van der Waals surface area contributed by atoms with Crippen molar-refractivity contribution in [2.45, 2.75) is 26.1 Å². The van der Waals surface area contributed by atoms with E-state index < -0.39 is 35.2 Å². The fraction of sp³-hybridized carbons (Fsp3) is 0.286. The fourth-order valence-corrected chi connectivity index (χ4v) is 3.31. The van der Waals surface area contributed by atoms with Crippen molar-refractivity contribution < 1.29 is 27.6 Å². The lowest BCUT2D eigenvalue weighted by atomic mass is 10.1. The van der Waals surface area contributed by atoms with Gasteiger partial charge >= 0.3 is 6.18 Å². The van der Waals surface area contributed by atoms with Crippen molar-refractivity contribution in [2.75, 3.05) is 17.2 Å². The first-order chi connectivity index (χ1) is 14.1. The zero-order valence-electron chi connectivity index (χ0n) is 16.1. The maximum absolute atomic E-state index is 13.4. The Morgan fingerprint density at radius 1 is 1.10 bits per heavy atom. The molecule has 1 unspecified atom stereocenters. The van der Waals surface area contributed by atoms with Crippen LogP contribution in [0.3, 0.4) is 0 Å². The molecule has 1 atom stereocenters. The van der Waals surface area contributed by atoms with Gasteiger partial charge < -0.3 is 15.5 Å². The molecule has 0 spiro atoms. The van der Waals surface area contributed by atoms with Crippen molar-refractivity contribution in [3.05, 3.63) is 59.7 Å². The molecule has 0 radical (unpaired) electrons. The third-order valence-electron chi connectivity index (χ3n) is 4.70. The summed E-state index contributed by atoms with van der Waals surface area (Å²) in [5, 5.41) is 4.58. The second-order valence-electron chi connectivity index (χ2n) is 7.09. The van der Waals surface area contributed by atoms with Crippen LogP contribution in [0.1, 0.15) is 24.5 Å². The number of anilines is 2. The second-order valence-corrected chi connectivity index (χ2v) is 7.09. The largest absolute Gasteiger partial charge is 0.418 e. The summed E-state index contributed by atoms with van der Waals surface area (Å²) in [6.45, 7) is 1.65. The second kappa shape index (κ2) is 8.56. The first kappa shape index (κ1) is 21.4. The molecule has 1 fully saturated rings. The third-order valence-corrected chi connectivity index (χ3v) is 4.70. The molecule has 2 aromatic carbocycles. The van der Waals surface area contributed by atoms with Crippen LogP contribution in [0.15, 0.2) is 48.5 Å². The van der Waals surface area contributed by atoms with E-state index in [1.165, 1.54) is 17.9 Å². The van der Waals surface area contributed by atoms with Crippen LogP contribution < -0.4 is 10.6 Å². The van der Waals surface area contributed by atoms with Crippen LogP contribution >= 0.6 is 0 Å². The number of nitrogens with zero attached hydrogens (tertiary/aromatic N) is 1. The van der Waals surface area contributed by atoms with E-state index in [2.05, 4.69) is 10.6 Å². The number of hydrogen-bond donors (Lipinski definition) is 2. The summed E-state index contributed by atoms with van der Waals surface area (Å²) in [6, 6.07) is 12.4. The summed E-state index contributed by atoms with van der Waals surface area (Å²) in [6.07, 6.45) is -4.80. The molecule has 9 heteroatoms. The fourth-order valence-electron chi connectivity index (χ4n) is 3.31. The van der Waals surface area contributed by atoms with Crippen molar-refractivity contribution in [1.82, 2.24) is 4.90 Å². The molecule has 0 aliphatic carbocycles. The van der Waals surface area contributed by atoms with Crippen LogP contribution in [-0.2, 0) is 27.1 Å². The summed E-state index contributed by atoms with van der Waals surface area (Å²) >= 11 is 0. The van der Waals surface area contributed by atoms with Gasteiger partial charge in [0.25, 0.3) is 0 Å². The van der Waals surface area contributed by atoms with Gasteiger partial charge in [0.2, 0.25) is 17.7 Å². The standard InChI is InChI=1S/C21H20F3N3O3/c1-13(28)25-16-7-8-18(17(10-16)21(22,23)24)26-20(30)15-9-19(29)27(12-15)11-14-5-3-2-4-6-14/h2-8,10,15H,9,11-12H2,1H3,(H,25,28)(H,26,30). The lowest BCUT2D eigenvalue weighted by Crippen LogP contribution is -2.28. The maximum Gasteiger partial charge on any atom is 0.418 e. The number of halogens is 3. The summed E-state index contributed by atoms with van der Waals surface area (Å²) in [5.74, 6) is -2.15. The van der Waals surface area contributed by atoms with Gasteiger partial charge in [-0.1, -0.05) is 30.3 Å². The molecule has 6 nitrogen and oxygen atoms in total. The lowest BCUT2D eigenvalue weighted by molar-refractivity contribution is -0.137. The molecule has 0 aromatic heterocycles. The Balaban J connectivity index is 1.72.